The first-order valence-electron chi connectivity index (χ1n) is 4.99. The van der Waals surface area contributed by atoms with Crippen molar-refractivity contribution < 1.29 is 32.6 Å². The van der Waals surface area contributed by atoms with Crippen LogP contribution in [0.1, 0.15) is 15.4 Å². The molecule has 20 heavy (non-hydrogen) atoms. The molecule has 110 valence electrons. The number of carboxylic acid groups (broad SMARTS) is 1. The number of fused-ring (bicyclic) bond motifs is 1. The van der Waals surface area contributed by atoms with Gasteiger partial charge in [-0.3, -0.25) is 5.10 Å². The molecule has 2 heterocycles. The SMILES string of the molecule is COC(=O)c1cc2c(C)[nH]nc2s1.O=C(O)C(F)(F)F. The molecule has 0 saturated carbocycles. The van der Waals surface area contributed by atoms with Crippen LogP contribution < -0.4 is 0 Å². The molecule has 10 heteroatoms. The number of carbonyl (C=O) groups excluding carboxylic acids is 1. The highest BCUT2D eigenvalue weighted by Crippen LogP contribution is 2.26. The number of alkyl halides is 3. The molecular weight excluding hydrogens is 301 g/mol. The average molecular weight is 310 g/mol. The topological polar surface area (TPSA) is 92.3 Å². The number of ether oxygens (including phenoxy) is 1. The van der Waals surface area contributed by atoms with Crippen molar-refractivity contribution >= 4 is 33.5 Å². The summed E-state index contributed by atoms with van der Waals surface area (Å²) < 4.78 is 36.3. The summed E-state index contributed by atoms with van der Waals surface area (Å²) in [6.45, 7) is 1.92. The standard InChI is InChI=1S/C8H8N2O2S.C2HF3O2/c1-4-5-3-6(8(11)12-2)13-7(5)10-9-4;3-2(4,5)1(6)7/h3H,1-2H3,(H,9,10);(H,6,7). The maximum Gasteiger partial charge on any atom is 0.490 e. The second-order valence-corrected chi connectivity index (χ2v) is 4.50. The Balaban J connectivity index is 0.000000246. The lowest BCUT2D eigenvalue weighted by Gasteiger charge is -1.93. The number of methoxy groups -OCH3 is 1. The van der Waals surface area contributed by atoms with Gasteiger partial charge in [-0.1, -0.05) is 0 Å². The van der Waals surface area contributed by atoms with Gasteiger partial charge in [-0.05, 0) is 13.0 Å². The van der Waals surface area contributed by atoms with Crippen LogP contribution in [-0.4, -0.2) is 40.5 Å². The Morgan fingerprint density at radius 1 is 1.45 bits per heavy atom. The molecule has 0 aromatic carbocycles. The number of aryl methyl sites for hydroxylation is 1. The van der Waals surface area contributed by atoms with Crippen LogP contribution >= 0.6 is 11.3 Å². The fraction of sp³-hybridized carbons (Fsp3) is 0.300. The fourth-order valence-electron chi connectivity index (χ4n) is 1.13. The van der Waals surface area contributed by atoms with Crippen molar-refractivity contribution in [3.8, 4) is 0 Å². The number of H-pyrrole nitrogens is 1. The Hall–Kier alpha value is -2.10. The third-order valence-corrected chi connectivity index (χ3v) is 3.08. The van der Waals surface area contributed by atoms with Gasteiger partial charge in [0.1, 0.15) is 9.71 Å². The molecule has 0 atom stereocenters. The summed E-state index contributed by atoms with van der Waals surface area (Å²) in [6, 6.07) is 1.80. The van der Waals surface area contributed by atoms with Gasteiger partial charge in [0, 0.05) is 11.1 Å². The van der Waals surface area contributed by atoms with Gasteiger partial charge in [0.25, 0.3) is 0 Å². The summed E-state index contributed by atoms with van der Waals surface area (Å²) >= 11 is 1.33. The highest BCUT2D eigenvalue weighted by atomic mass is 32.1. The number of halogens is 3. The molecule has 0 unspecified atom stereocenters. The van der Waals surface area contributed by atoms with Gasteiger partial charge < -0.3 is 9.84 Å². The van der Waals surface area contributed by atoms with Crippen LogP contribution in [0.5, 0.6) is 0 Å². The van der Waals surface area contributed by atoms with E-state index in [9.17, 15) is 18.0 Å². The van der Waals surface area contributed by atoms with Gasteiger partial charge in [0.2, 0.25) is 0 Å². The predicted octanol–water partition coefficient (Wildman–Crippen LogP) is 2.35. The summed E-state index contributed by atoms with van der Waals surface area (Å²) in [4.78, 5) is 21.5. The van der Waals surface area contributed by atoms with E-state index in [2.05, 4.69) is 14.9 Å². The van der Waals surface area contributed by atoms with Crippen LogP contribution in [0.3, 0.4) is 0 Å². The van der Waals surface area contributed by atoms with Gasteiger partial charge >= 0.3 is 18.1 Å². The Kier molecular flexibility index (Phi) is 4.71. The third kappa shape index (κ3) is 3.70. The van der Waals surface area contributed by atoms with Crippen LogP contribution in [0.2, 0.25) is 0 Å². The molecule has 0 fully saturated rings. The van der Waals surface area contributed by atoms with Crippen molar-refractivity contribution in [3.05, 3.63) is 16.6 Å². The van der Waals surface area contributed by atoms with E-state index in [-0.39, 0.29) is 5.97 Å². The summed E-state index contributed by atoms with van der Waals surface area (Å²) in [6.07, 6.45) is -5.08. The molecule has 2 N–H and O–H groups in total. The van der Waals surface area contributed by atoms with Crippen LogP contribution in [0, 0.1) is 6.92 Å². The van der Waals surface area contributed by atoms with Crippen molar-refractivity contribution in [2.75, 3.05) is 7.11 Å². The molecule has 2 aromatic rings. The normalized spacial score (nSPS) is 10.8. The molecule has 0 bridgehead atoms. The molecule has 0 aliphatic rings. The van der Waals surface area contributed by atoms with Gasteiger partial charge in [-0.2, -0.15) is 18.3 Å². The first-order chi connectivity index (χ1) is 9.16. The minimum Gasteiger partial charge on any atom is -0.475 e. The number of aliphatic carboxylic acids is 1. The summed E-state index contributed by atoms with van der Waals surface area (Å²) in [5.74, 6) is -3.06. The number of rotatable bonds is 1. The van der Waals surface area contributed by atoms with E-state index < -0.39 is 12.1 Å². The van der Waals surface area contributed by atoms with Crippen LogP contribution in [-0.2, 0) is 9.53 Å². The fourth-order valence-corrected chi connectivity index (χ4v) is 2.09. The Morgan fingerprint density at radius 3 is 2.40 bits per heavy atom. The van der Waals surface area contributed by atoms with Gasteiger partial charge in [0.05, 0.1) is 7.11 Å². The van der Waals surface area contributed by atoms with Gasteiger partial charge in [-0.25, -0.2) is 9.59 Å². The minimum absolute atomic E-state index is 0.303. The molecule has 0 radical (unpaired) electrons. The second kappa shape index (κ2) is 5.90. The lowest BCUT2D eigenvalue weighted by Crippen LogP contribution is -2.21. The maximum absolute atomic E-state index is 11.1. The maximum atomic E-state index is 11.1. The molecule has 0 spiro atoms. The first kappa shape index (κ1) is 16.0. The Labute approximate surface area is 114 Å². The molecule has 0 aliphatic heterocycles. The molecule has 0 amide bonds. The average Bonchev–Trinajstić information content (AvgIpc) is 2.91. The number of carboxylic acids is 1. The van der Waals surface area contributed by atoms with Crippen LogP contribution in [0.25, 0.3) is 10.2 Å². The van der Waals surface area contributed by atoms with Crippen molar-refractivity contribution in [2.24, 2.45) is 0 Å². The largest absolute Gasteiger partial charge is 0.490 e. The predicted molar refractivity (Wildman–Crippen MR) is 63.7 cm³/mol. The smallest absolute Gasteiger partial charge is 0.475 e. The molecule has 0 saturated heterocycles. The highest BCUT2D eigenvalue weighted by molar-refractivity contribution is 7.20. The number of hydrogen-bond acceptors (Lipinski definition) is 5. The van der Waals surface area contributed by atoms with Gasteiger partial charge in [0.15, 0.2) is 0 Å². The zero-order chi connectivity index (χ0) is 15.5. The number of esters is 1. The van der Waals surface area contributed by atoms with E-state index in [1.54, 1.807) is 6.07 Å². The highest BCUT2D eigenvalue weighted by Gasteiger charge is 2.38. The number of nitrogens with zero attached hydrogens (tertiary/aromatic N) is 1. The summed E-state index contributed by atoms with van der Waals surface area (Å²) in [5, 5.41) is 15.0. The molecule has 2 rings (SSSR count). The number of aromatic nitrogens is 2. The van der Waals surface area contributed by atoms with E-state index in [1.165, 1.54) is 18.4 Å². The molecular formula is C10H9F3N2O4S. The van der Waals surface area contributed by atoms with E-state index in [0.29, 0.717) is 4.88 Å². The zero-order valence-corrected chi connectivity index (χ0v) is 11.1. The molecule has 6 nitrogen and oxygen atoms in total. The summed E-state index contributed by atoms with van der Waals surface area (Å²) in [5.41, 5.74) is 0.974. The van der Waals surface area contributed by atoms with Crippen molar-refractivity contribution in [1.82, 2.24) is 10.2 Å². The first-order valence-corrected chi connectivity index (χ1v) is 5.81. The van der Waals surface area contributed by atoms with Crippen molar-refractivity contribution in [1.29, 1.82) is 0 Å². The zero-order valence-electron chi connectivity index (χ0n) is 10.2. The van der Waals surface area contributed by atoms with E-state index in [0.717, 1.165) is 15.9 Å². The van der Waals surface area contributed by atoms with Crippen LogP contribution in [0.15, 0.2) is 6.07 Å². The monoisotopic (exact) mass is 310 g/mol. The summed E-state index contributed by atoms with van der Waals surface area (Å²) in [7, 11) is 1.37. The quantitative estimate of drug-likeness (QED) is 0.789. The Bertz CT molecular complexity index is 632. The lowest BCUT2D eigenvalue weighted by atomic mass is 10.3. The third-order valence-electron chi connectivity index (χ3n) is 2.07. The Morgan fingerprint density at radius 2 is 2.00 bits per heavy atom. The van der Waals surface area contributed by atoms with Gasteiger partial charge in [-0.15, -0.1) is 11.3 Å². The number of aromatic amines is 1. The molecule has 0 aliphatic carbocycles. The number of hydrogen-bond donors (Lipinski definition) is 2. The van der Waals surface area contributed by atoms with Crippen molar-refractivity contribution in [2.45, 2.75) is 13.1 Å². The lowest BCUT2D eigenvalue weighted by molar-refractivity contribution is -0.192. The molecule has 2 aromatic heterocycles. The number of thiophene rings is 1. The number of carbonyl (C=O) groups is 2. The van der Waals surface area contributed by atoms with Crippen molar-refractivity contribution in [3.63, 3.8) is 0 Å². The second-order valence-electron chi connectivity index (χ2n) is 3.47. The van der Waals surface area contributed by atoms with E-state index in [1.807, 2.05) is 6.92 Å². The van der Waals surface area contributed by atoms with E-state index >= 15 is 0 Å². The van der Waals surface area contributed by atoms with E-state index in [4.69, 9.17) is 9.90 Å². The van der Waals surface area contributed by atoms with Crippen LogP contribution in [0.4, 0.5) is 13.2 Å². The minimum atomic E-state index is -5.08. The number of nitrogens with one attached hydrogen (secondary N) is 1.